The van der Waals surface area contributed by atoms with Gasteiger partial charge in [-0.2, -0.15) is 0 Å². The second kappa shape index (κ2) is 5.98. The average Bonchev–Trinajstić information content (AvgIpc) is 3.03. The highest BCUT2D eigenvalue weighted by molar-refractivity contribution is 5.86. The van der Waals surface area contributed by atoms with Crippen molar-refractivity contribution in [1.82, 2.24) is 15.2 Å². The molecule has 1 aliphatic heterocycles. The molecule has 108 valence electrons. The zero-order valence-corrected chi connectivity index (χ0v) is 12.6. The van der Waals surface area contributed by atoms with Crippen molar-refractivity contribution in [3.63, 3.8) is 0 Å². The van der Waals surface area contributed by atoms with Gasteiger partial charge in [-0.1, -0.05) is 13.8 Å². The monoisotopic (exact) mass is 271 g/mol. The van der Waals surface area contributed by atoms with Crippen molar-refractivity contribution in [2.45, 2.75) is 46.3 Å². The first-order valence-electron chi connectivity index (χ1n) is 7.88. The third-order valence-corrected chi connectivity index (χ3v) is 4.20. The molecule has 20 heavy (non-hydrogen) atoms. The Bertz CT molecular complexity index is 598. The van der Waals surface area contributed by atoms with Crippen molar-refractivity contribution in [1.29, 1.82) is 0 Å². The summed E-state index contributed by atoms with van der Waals surface area (Å²) in [5, 5.41) is 8.34. The minimum Gasteiger partial charge on any atom is -0.347 e. The first kappa shape index (κ1) is 13.7. The Balaban J connectivity index is 2.00. The molecule has 0 unspecified atom stereocenters. The lowest BCUT2D eigenvalue weighted by Gasteiger charge is -2.05. The quantitative estimate of drug-likeness (QED) is 0.791. The van der Waals surface area contributed by atoms with Crippen LogP contribution in [0.4, 0.5) is 0 Å². The SMILES string of the molecule is CCCn1cc(CCNCC)c2cc3c(cc21)CNC3. The van der Waals surface area contributed by atoms with Gasteiger partial charge in [0.2, 0.25) is 0 Å². The van der Waals surface area contributed by atoms with E-state index in [0.717, 1.165) is 39.1 Å². The summed E-state index contributed by atoms with van der Waals surface area (Å²) in [6, 6.07) is 4.81. The molecular weight excluding hydrogens is 246 g/mol. The van der Waals surface area contributed by atoms with Gasteiger partial charge in [-0.25, -0.2) is 0 Å². The van der Waals surface area contributed by atoms with Crippen LogP contribution in [0.2, 0.25) is 0 Å². The Morgan fingerprint density at radius 2 is 2.00 bits per heavy atom. The van der Waals surface area contributed by atoms with E-state index < -0.39 is 0 Å². The van der Waals surface area contributed by atoms with Gasteiger partial charge in [0.25, 0.3) is 0 Å². The minimum absolute atomic E-state index is 1.02. The summed E-state index contributed by atoms with van der Waals surface area (Å²) >= 11 is 0. The van der Waals surface area contributed by atoms with Crippen molar-refractivity contribution >= 4 is 10.9 Å². The minimum atomic E-state index is 1.02. The molecule has 0 saturated carbocycles. The molecule has 0 bridgehead atoms. The van der Waals surface area contributed by atoms with Gasteiger partial charge in [-0.3, -0.25) is 0 Å². The zero-order valence-electron chi connectivity index (χ0n) is 12.6. The van der Waals surface area contributed by atoms with E-state index in [0.29, 0.717) is 0 Å². The lowest BCUT2D eigenvalue weighted by molar-refractivity contribution is 0.691. The Hall–Kier alpha value is -1.32. The van der Waals surface area contributed by atoms with Gasteiger partial charge in [0.15, 0.2) is 0 Å². The van der Waals surface area contributed by atoms with Gasteiger partial charge in [-0.15, -0.1) is 0 Å². The Labute approximate surface area is 121 Å². The summed E-state index contributed by atoms with van der Waals surface area (Å²) in [7, 11) is 0. The lowest BCUT2D eigenvalue weighted by atomic mass is 10.0. The smallest absolute Gasteiger partial charge is 0.0486 e. The lowest BCUT2D eigenvalue weighted by Crippen LogP contribution is -2.15. The van der Waals surface area contributed by atoms with Crippen LogP contribution in [-0.2, 0) is 26.1 Å². The van der Waals surface area contributed by atoms with E-state index in [4.69, 9.17) is 0 Å². The molecule has 0 fully saturated rings. The van der Waals surface area contributed by atoms with Crippen LogP contribution >= 0.6 is 0 Å². The van der Waals surface area contributed by atoms with Crippen LogP contribution in [0.3, 0.4) is 0 Å². The number of nitrogens with zero attached hydrogens (tertiary/aromatic N) is 1. The highest BCUT2D eigenvalue weighted by Crippen LogP contribution is 2.28. The van der Waals surface area contributed by atoms with Crippen LogP contribution in [0.15, 0.2) is 18.3 Å². The van der Waals surface area contributed by atoms with Crippen LogP contribution < -0.4 is 10.6 Å². The van der Waals surface area contributed by atoms with E-state index in [1.807, 2.05) is 0 Å². The fourth-order valence-corrected chi connectivity index (χ4v) is 3.18. The number of nitrogens with one attached hydrogen (secondary N) is 2. The molecule has 2 aromatic rings. The van der Waals surface area contributed by atoms with E-state index in [1.165, 1.54) is 34.0 Å². The van der Waals surface area contributed by atoms with E-state index in [9.17, 15) is 0 Å². The van der Waals surface area contributed by atoms with Crippen LogP contribution in [-0.4, -0.2) is 17.7 Å². The molecule has 1 aliphatic rings. The number of fused-ring (bicyclic) bond motifs is 2. The first-order chi connectivity index (χ1) is 9.83. The summed E-state index contributed by atoms with van der Waals surface area (Å²) in [5.74, 6) is 0. The molecule has 0 atom stereocenters. The molecule has 3 heteroatoms. The van der Waals surface area contributed by atoms with Crippen molar-refractivity contribution in [3.05, 3.63) is 35.0 Å². The largest absolute Gasteiger partial charge is 0.347 e. The summed E-state index contributed by atoms with van der Waals surface area (Å²) in [6.07, 6.45) is 4.67. The fourth-order valence-electron chi connectivity index (χ4n) is 3.18. The van der Waals surface area contributed by atoms with Crippen molar-refractivity contribution in [3.8, 4) is 0 Å². The number of rotatable bonds is 6. The molecule has 2 heterocycles. The maximum Gasteiger partial charge on any atom is 0.0486 e. The molecule has 0 saturated heterocycles. The molecule has 3 rings (SSSR count). The van der Waals surface area contributed by atoms with Crippen LogP contribution in [0, 0.1) is 0 Å². The standard InChI is InChI=1S/C17H25N3/c1-3-7-20-12-13(5-6-18-4-2)16-8-14-10-19-11-15(14)9-17(16)20/h8-9,12,18-19H,3-7,10-11H2,1-2H3. The zero-order chi connectivity index (χ0) is 13.9. The van der Waals surface area contributed by atoms with Crippen molar-refractivity contribution in [2.75, 3.05) is 13.1 Å². The molecule has 0 aliphatic carbocycles. The maximum atomic E-state index is 3.45. The molecule has 1 aromatic carbocycles. The summed E-state index contributed by atoms with van der Waals surface area (Å²) in [5.41, 5.74) is 5.87. The third-order valence-electron chi connectivity index (χ3n) is 4.20. The third kappa shape index (κ3) is 2.48. The molecule has 3 nitrogen and oxygen atoms in total. The van der Waals surface area contributed by atoms with Crippen molar-refractivity contribution < 1.29 is 0 Å². The predicted octanol–water partition coefficient (Wildman–Crippen LogP) is 2.81. The van der Waals surface area contributed by atoms with Gasteiger partial charge >= 0.3 is 0 Å². The maximum absolute atomic E-state index is 3.45. The van der Waals surface area contributed by atoms with Gasteiger partial charge in [-0.05, 0) is 54.8 Å². The van der Waals surface area contributed by atoms with Crippen LogP contribution in [0.1, 0.15) is 37.0 Å². The van der Waals surface area contributed by atoms with Gasteiger partial charge < -0.3 is 15.2 Å². The van der Waals surface area contributed by atoms with Crippen LogP contribution in [0.5, 0.6) is 0 Å². The van der Waals surface area contributed by atoms with Crippen LogP contribution in [0.25, 0.3) is 10.9 Å². The highest BCUT2D eigenvalue weighted by Gasteiger charge is 2.15. The average molecular weight is 271 g/mol. The van der Waals surface area contributed by atoms with E-state index in [1.54, 1.807) is 0 Å². The fraction of sp³-hybridized carbons (Fsp3) is 0.529. The van der Waals surface area contributed by atoms with Gasteiger partial charge in [0.1, 0.15) is 0 Å². The Morgan fingerprint density at radius 1 is 1.20 bits per heavy atom. The second-order valence-corrected chi connectivity index (χ2v) is 5.69. The molecular formula is C17H25N3. The molecule has 2 N–H and O–H groups in total. The highest BCUT2D eigenvalue weighted by atomic mass is 15.0. The number of hydrogen-bond acceptors (Lipinski definition) is 2. The van der Waals surface area contributed by atoms with E-state index in [-0.39, 0.29) is 0 Å². The van der Waals surface area contributed by atoms with Gasteiger partial charge in [0.05, 0.1) is 0 Å². The van der Waals surface area contributed by atoms with Gasteiger partial charge in [0, 0.05) is 36.7 Å². The summed E-state index contributed by atoms with van der Waals surface area (Å²) in [4.78, 5) is 0. The molecule has 0 spiro atoms. The normalized spacial score (nSPS) is 14.1. The number of benzene rings is 1. The number of aryl methyl sites for hydroxylation is 1. The number of aromatic nitrogens is 1. The van der Waals surface area contributed by atoms with E-state index >= 15 is 0 Å². The number of hydrogen-bond donors (Lipinski definition) is 2. The summed E-state index contributed by atoms with van der Waals surface area (Å²) in [6.45, 7) is 9.69. The first-order valence-corrected chi connectivity index (χ1v) is 7.88. The molecule has 1 aromatic heterocycles. The number of likely N-dealkylation sites (N-methyl/N-ethyl adjacent to an activating group) is 1. The summed E-state index contributed by atoms with van der Waals surface area (Å²) < 4.78 is 2.44. The van der Waals surface area contributed by atoms with Crippen molar-refractivity contribution in [2.24, 2.45) is 0 Å². The Kier molecular flexibility index (Phi) is 4.08. The molecule has 0 radical (unpaired) electrons. The second-order valence-electron chi connectivity index (χ2n) is 5.69. The molecule has 0 amide bonds. The predicted molar refractivity (Wildman–Crippen MR) is 85.0 cm³/mol. The Morgan fingerprint density at radius 3 is 2.75 bits per heavy atom. The topological polar surface area (TPSA) is 29.0 Å². The van der Waals surface area contributed by atoms with E-state index in [2.05, 4.69) is 47.4 Å².